The van der Waals surface area contributed by atoms with E-state index in [-0.39, 0.29) is 5.92 Å². The molecule has 0 fully saturated rings. The molecule has 0 aromatic heterocycles. The van der Waals surface area contributed by atoms with Crippen molar-refractivity contribution < 1.29 is 0 Å². The third-order valence-electron chi connectivity index (χ3n) is 4.83. The molecule has 4 nitrogen and oxygen atoms in total. The van der Waals surface area contributed by atoms with Gasteiger partial charge in [0.15, 0.2) is 0 Å². The second kappa shape index (κ2) is 14.4. The van der Waals surface area contributed by atoms with Crippen molar-refractivity contribution in [3.63, 3.8) is 0 Å². The summed E-state index contributed by atoms with van der Waals surface area (Å²) in [6, 6.07) is 24.3. The van der Waals surface area contributed by atoms with Crippen LogP contribution in [0.1, 0.15) is 84.4 Å². The summed E-state index contributed by atoms with van der Waals surface area (Å²) in [6.07, 6.45) is 1.25. The molecular formula is C30H38N4. The monoisotopic (exact) mass is 454 g/mol. The van der Waals surface area contributed by atoms with Crippen molar-refractivity contribution in [1.29, 1.82) is 10.5 Å². The number of anilines is 5. The van der Waals surface area contributed by atoms with Crippen LogP contribution in [0, 0.1) is 22.7 Å². The number of nitrogens with zero attached hydrogens (tertiary/aromatic N) is 3. The molecule has 3 aromatic carbocycles. The lowest BCUT2D eigenvalue weighted by atomic mass is 9.93. The smallest absolute Gasteiger partial charge is 0.101 e. The molecule has 0 amide bonds. The number of rotatable bonds is 2. The van der Waals surface area contributed by atoms with Gasteiger partial charge in [0.25, 0.3) is 0 Å². The molecular weight excluding hydrogens is 416 g/mol. The number of benzene rings is 3. The number of para-hydroxylation sites is 4. The van der Waals surface area contributed by atoms with Gasteiger partial charge < -0.3 is 10.2 Å². The van der Waals surface area contributed by atoms with Gasteiger partial charge in [0.2, 0.25) is 0 Å². The van der Waals surface area contributed by atoms with Crippen LogP contribution in [-0.2, 0) is 0 Å². The van der Waals surface area contributed by atoms with Crippen molar-refractivity contribution >= 4 is 28.4 Å². The molecule has 0 radical (unpaired) electrons. The van der Waals surface area contributed by atoms with Gasteiger partial charge in [0.05, 0.1) is 45.6 Å². The molecule has 0 aliphatic carbocycles. The van der Waals surface area contributed by atoms with E-state index in [1.807, 2.05) is 102 Å². The first-order valence-corrected chi connectivity index (χ1v) is 12.3. The Hall–Kier alpha value is -3.76. The van der Waals surface area contributed by atoms with Gasteiger partial charge in [-0.1, -0.05) is 86.1 Å². The third-order valence-corrected chi connectivity index (χ3v) is 4.83. The highest BCUT2D eigenvalue weighted by Gasteiger charge is 2.26. The van der Waals surface area contributed by atoms with Gasteiger partial charge in [0.1, 0.15) is 6.07 Å². The van der Waals surface area contributed by atoms with Crippen molar-refractivity contribution in [3.05, 3.63) is 77.4 Å². The second-order valence-electron chi connectivity index (χ2n) is 7.54. The van der Waals surface area contributed by atoms with Crippen LogP contribution in [0.3, 0.4) is 0 Å². The zero-order chi connectivity index (χ0) is 25.7. The Morgan fingerprint density at radius 1 is 0.735 bits per heavy atom. The lowest BCUT2D eigenvalue weighted by molar-refractivity contribution is 0.861. The first-order chi connectivity index (χ1) is 16.5. The fraction of sp³-hybridized carbons (Fsp3) is 0.333. The second-order valence-corrected chi connectivity index (χ2v) is 7.54. The fourth-order valence-electron chi connectivity index (χ4n) is 3.54. The van der Waals surface area contributed by atoms with Crippen LogP contribution in [0.2, 0.25) is 0 Å². The van der Waals surface area contributed by atoms with Gasteiger partial charge in [-0.15, -0.1) is 0 Å². The van der Waals surface area contributed by atoms with Crippen molar-refractivity contribution in [2.45, 2.75) is 67.7 Å². The molecule has 0 unspecified atom stereocenters. The summed E-state index contributed by atoms with van der Waals surface area (Å²) in [5.41, 5.74) is 6.62. The van der Waals surface area contributed by atoms with Crippen LogP contribution in [-0.4, -0.2) is 0 Å². The minimum atomic E-state index is 0.170. The standard InChI is InChI=1S/C23H18N4.C3H8.2C2H6/c1-15(2)18-11-17(14-25)23(12-16(18)13-24)27-21-9-5-3-7-19(21)26-20-8-4-6-10-22(20)27;1-3-2;2*1-2/h3-12,15,26H,1-2H3;3H2,1-2H3;2*1-2H3. The molecule has 4 heteroatoms. The average molecular weight is 455 g/mol. The molecule has 34 heavy (non-hydrogen) atoms. The Kier molecular flexibility index (Phi) is 12.0. The molecule has 3 aromatic rings. The summed E-state index contributed by atoms with van der Waals surface area (Å²) >= 11 is 0. The normalized spacial score (nSPS) is 10.3. The van der Waals surface area contributed by atoms with Gasteiger partial charge >= 0.3 is 0 Å². The number of nitrogens with one attached hydrogen (secondary N) is 1. The Morgan fingerprint density at radius 3 is 1.59 bits per heavy atom. The van der Waals surface area contributed by atoms with Gasteiger partial charge in [-0.25, -0.2) is 0 Å². The Balaban J connectivity index is 0.000000750. The average Bonchev–Trinajstić information content (AvgIpc) is 2.89. The van der Waals surface area contributed by atoms with E-state index in [9.17, 15) is 10.5 Å². The Morgan fingerprint density at radius 2 is 1.18 bits per heavy atom. The quantitative estimate of drug-likeness (QED) is 0.327. The molecule has 0 saturated heterocycles. The van der Waals surface area contributed by atoms with E-state index in [0.29, 0.717) is 11.1 Å². The lowest BCUT2D eigenvalue weighted by Gasteiger charge is -2.34. The number of hydrogen-bond donors (Lipinski definition) is 1. The van der Waals surface area contributed by atoms with Crippen LogP contribution in [0.5, 0.6) is 0 Å². The predicted octanol–water partition coefficient (Wildman–Crippen LogP) is 9.55. The molecule has 0 bridgehead atoms. The molecule has 0 saturated carbocycles. The molecule has 178 valence electrons. The molecule has 0 spiro atoms. The third kappa shape index (κ3) is 6.18. The summed E-state index contributed by atoms with van der Waals surface area (Å²) in [5.74, 6) is 0.170. The van der Waals surface area contributed by atoms with Gasteiger partial charge in [0, 0.05) is 0 Å². The van der Waals surface area contributed by atoms with Crippen molar-refractivity contribution in [2.24, 2.45) is 0 Å². The van der Waals surface area contributed by atoms with Crippen molar-refractivity contribution in [1.82, 2.24) is 0 Å². The fourth-order valence-corrected chi connectivity index (χ4v) is 3.54. The summed E-state index contributed by atoms with van der Waals surface area (Å²) in [5, 5.41) is 23.0. The Bertz CT molecular complexity index is 1090. The maximum Gasteiger partial charge on any atom is 0.101 e. The van der Waals surface area contributed by atoms with Crippen molar-refractivity contribution in [2.75, 3.05) is 10.2 Å². The highest BCUT2D eigenvalue weighted by Crippen LogP contribution is 2.48. The summed E-state index contributed by atoms with van der Waals surface area (Å²) in [4.78, 5) is 2.06. The highest BCUT2D eigenvalue weighted by atomic mass is 15.2. The Labute approximate surface area is 206 Å². The first-order valence-electron chi connectivity index (χ1n) is 12.3. The van der Waals surface area contributed by atoms with Gasteiger partial charge in [-0.05, 0) is 47.9 Å². The van der Waals surface area contributed by atoms with E-state index < -0.39 is 0 Å². The summed E-state index contributed by atoms with van der Waals surface area (Å²) in [7, 11) is 0. The predicted molar refractivity (Wildman–Crippen MR) is 147 cm³/mol. The van der Waals surface area contributed by atoms with E-state index in [1.165, 1.54) is 6.42 Å². The van der Waals surface area contributed by atoms with Crippen LogP contribution in [0.25, 0.3) is 0 Å². The van der Waals surface area contributed by atoms with Gasteiger partial charge in [-0.2, -0.15) is 10.5 Å². The van der Waals surface area contributed by atoms with Crippen LogP contribution in [0.15, 0.2) is 60.7 Å². The van der Waals surface area contributed by atoms with Crippen LogP contribution in [0.4, 0.5) is 28.4 Å². The van der Waals surface area contributed by atoms with E-state index in [4.69, 9.17) is 0 Å². The number of hydrogen-bond acceptors (Lipinski definition) is 4. The van der Waals surface area contributed by atoms with Gasteiger partial charge in [-0.3, -0.25) is 0 Å². The topological polar surface area (TPSA) is 62.9 Å². The summed E-state index contributed by atoms with van der Waals surface area (Å²) in [6.45, 7) is 16.3. The van der Waals surface area contributed by atoms with Crippen LogP contribution < -0.4 is 10.2 Å². The summed E-state index contributed by atoms with van der Waals surface area (Å²) < 4.78 is 0. The number of fused-ring (bicyclic) bond motifs is 2. The SMILES string of the molecule is CC.CC.CC(C)c1cc(C#N)c(N2c3ccccc3Nc3ccccc32)cc1C#N.CCC. The molecule has 1 aliphatic rings. The first kappa shape index (κ1) is 28.3. The number of nitriles is 2. The lowest BCUT2D eigenvalue weighted by Crippen LogP contribution is -2.19. The van der Waals surface area contributed by atoms with E-state index in [0.717, 1.165) is 34.0 Å². The maximum absolute atomic E-state index is 9.84. The molecule has 1 heterocycles. The minimum absolute atomic E-state index is 0.170. The largest absolute Gasteiger partial charge is 0.352 e. The van der Waals surface area contributed by atoms with Crippen LogP contribution >= 0.6 is 0 Å². The maximum atomic E-state index is 9.84. The van der Waals surface area contributed by atoms with E-state index >= 15 is 0 Å². The molecule has 1 aliphatic heterocycles. The minimum Gasteiger partial charge on any atom is -0.352 e. The molecule has 1 N–H and O–H groups in total. The van der Waals surface area contributed by atoms with E-state index in [1.54, 1.807) is 0 Å². The van der Waals surface area contributed by atoms with E-state index in [2.05, 4.69) is 36.2 Å². The highest BCUT2D eigenvalue weighted by molar-refractivity contribution is 5.97. The van der Waals surface area contributed by atoms with Crippen molar-refractivity contribution in [3.8, 4) is 12.1 Å². The molecule has 4 rings (SSSR count). The zero-order valence-electron chi connectivity index (χ0n) is 21.9. The zero-order valence-corrected chi connectivity index (χ0v) is 21.9. The molecule has 0 atom stereocenters.